The van der Waals surface area contributed by atoms with E-state index in [1.165, 1.54) is 0 Å². The Balaban J connectivity index is 1.48. The molecule has 0 aliphatic carbocycles. The van der Waals surface area contributed by atoms with E-state index in [2.05, 4.69) is 9.88 Å². The first kappa shape index (κ1) is 15.1. The molecule has 2 heterocycles. The fraction of sp³-hybridized carbons (Fsp3) is 0.211. The zero-order chi connectivity index (χ0) is 16.5. The van der Waals surface area contributed by atoms with Crippen molar-refractivity contribution in [3.8, 4) is 11.6 Å². The molecule has 1 aliphatic heterocycles. The molecule has 1 unspecified atom stereocenters. The summed E-state index contributed by atoms with van der Waals surface area (Å²) in [6.45, 7) is 1.59. The molecule has 2 aromatic carbocycles. The second-order valence-electron chi connectivity index (χ2n) is 5.95. The van der Waals surface area contributed by atoms with Gasteiger partial charge in [0.05, 0.1) is 17.7 Å². The van der Waals surface area contributed by atoms with Crippen LogP contribution in [0.4, 0.5) is 5.69 Å². The number of rotatable bonds is 3. The topological polar surface area (TPSA) is 45.6 Å². The summed E-state index contributed by atoms with van der Waals surface area (Å²) >= 11 is 6.00. The normalized spacial score (nSPS) is 17.4. The molecule has 4 rings (SSSR count). The first-order valence-electron chi connectivity index (χ1n) is 7.95. The van der Waals surface area contributed by atoms with Crippen LogP contribution in [0.5, 0.6) is 11.6 Å². The number of nitrogens with zero attached hydrogens (tertiary/aromatic N) is 2. The third-order valence-corrected chi connectivity index (χ3v) is 4.52. The second-order valence-corrected chi connectivity index (χ2v) is 6.39. The summed E-state index contributed by atoms with van der Waals surface area (Å²) in [5.74, 6) is 0.924. The molecule has 24 heavy (non-hydrogen) atoms. The summed E-state index contributed by atoms with van der Waals surface area (Å²) in [5, 5.41) is 11.7. The van der Waals surface area contributed by atoms with Gasteiger partial charge in [-0.2, -0.15) is 0 Å². The first-order chi connectivity index (χ1) is 11.7. The second kappa shape index (κ2) is 6.21. The molecule has 1 saturated heterocycles. The molecule has 5 heteroatoms. The largest absolute Gasteiger partial charge is 0.506 e. The number of phenols is 1. The Bertz CT molecular complexity index is 884. The van der Waals surface area contributed by atoms with E-state index in [1.54, 1.807) is 6.07 Å². The number of anilines is 1. The lowest BCUT2D eigenvalue weighted by molar-refractivity contribution is 0.216. The van der Waals surface area contributed by atoms with Crippen LogP contribution in [-0.2, 0) is 0 Å². The lowest BCUT2D eigenvalue weighted by Crippen LogP contribution is -2.24. The number of benzene rings is 2. The maximum Gasteiger partial charge on any atom is 0.214 e. The summed E-state index contributed by atoms with van der Waals surface area (Å²) in [6, 6.07) is 16.9. The van der Waals surface area contributed by atoms with E-state index in [0.717, 1.165) is 36.1 Å². The van der Waals surface area contributed by atoms with Crippen LogP contribution in [0.25, 0.3) is 10.9 Å². The quantitative estimate of drug-likeness (QED) is 0.774. The van der Waals surface area contributed by atoms with Gasteiger partial charge in [-0.25, -0.2) is 4.98 Å². The summed E-state index contributed by atoms with van der Waals surface area (Å²) < 4.78 is 6.04. The molecule has 1 aliphatic rings. The van der Waals surface area contributed by atoms with Crippen molar-refractivity contribution in [2.45, 2.75) is 12.5 Å². The van der Waals surface area contributed by atoms with E-state index in [-0.39, 0.29) is 6.10 Å². The fourth-order valence-electron chi connectivity index (χ4n) is 3.09. The van der Waals surface area contributed by atoms with Crippen LogP contribution in [0, 0.1) is 0 Å². The highest BCUT2D eigenvalue weighted by Crippen LogP contribution is 2.30. The van der Waals surface area contributed by atoms with Crippen molar-refractivity contribution in [1.82, 2.24) is 4.98 Å². The molecule has 1 atom stereocenters. The Morgan fingerprint density at radius 2 is 2.00 bits per heavy atom. The summed E-state index contributed by atoms with van der Waals surface area (Å²) in [6.07, 6.45) is 0.955. The summed E-state index contributed by atoms with van der Waals surface area (Å²) in [4.78, 5) is 6.69. The molecule has 4 nitrogen and oxygen atoms in total. The highest BCUT2D eigenvalue weighted by atomic mass is 35.5. The Morgan fingerprint density at radius 3 is 2.88 bits per heavy atom. The SMILES string of the molecule is Oc1ccccc1N1CCC(Oc2ccc3cc(Cl)ccc3n2)C1. The number of hydrogen-bond acceptors (Lipinski definition) is 4. The van der Waals surface area contributed by atoms with Crippen molar-refractivity contribution in [1.29, 1.82) is 0 Å². The molecule has 1 N–H and O–H groups in total. The van der Waals surface area contributed by atoms with Crippen molar-refractivity contribution in [3.05, 3.63) is 59.6 Å². The molecule has 0 saturated carbocycles. The van der Waals surface area contributed by atoms with Crippen molar-refractivity contribution in [3.63, 3.8) is 0 Å². The third-order valence-electron chi connectivity index (χ3n) is 4.28. The van der Waals surface area contributed by atoms with E-state index in [1.807, 2.05) is 48.5 Å². The highest BCUT2D eigenvalue weighted by Gasteiger charge is 2.26. The number of aromatic hydroxyl groups is 1. The number of ether oxygens (including phenoxy) is 1. The Labute approximate surface area is 145 Å². The van der Waals surface area contributed by atoms with Gasteiger partial charge in [-0.3, -0.25) is 0 Å². The molecule has 3 aromatic rings. The number of halogens is 1. The number of fused-ring (bicyclic) bond motifs is 1. The minimum Gasteiger partial charge on any atom is -0.506 e. The summed E-state index contributed by atoms with van der Waals surface area (Å²) in [7, 11) is 0. The number of aromatic nitrogens is 1. The Kier molecular flexibility index (Phi) is 3.90. The van der Waals surface area contributed by atoms with Gasteiger partial charge in [-0.1, -0.05) is 23.7 Å². The maximum absolute atomic E-state index is 9.98. The number of para-hydroxylation sites is 2. The van der Waals surface area contributed by atoms with Crippen LogP contribution in [0.1, 0.15) is 6.42 Å². The average molecular weight is 341 g/mol. The molecule has 0 radical (unpaired) electrons. The third kappa shape index (κ3) is 2.97. The number of hydrogen-bond donors (Lipinski definition) is 1. The van der Waals surface area contributed by atoms with Crippen LogP contribution >= 0.6 is 11.6 Å². The molecule has 1 fully saturated rings. The van der Waals surface area contributed by atoms with Gasteiger partial charge in [0, 0.05) is 29.4 Å². The smallest absolute Gasteiger partial charge is 0.214 e. The van der Waals surface area contributed by atoms with Crippen molar-refractivity contribution in [2.75, 3.05) is 18.0 Å². The van der Waals surface area contributed by atoms with Crippen LogP contribution in [0.15, 0.2) is 54.6 Å². The number of phenolic OH excluding ortho intramolecular Hbond substituents is 1. The van der Waals surface area contributed by atoms with E-state index in [9.17, 15) is 5.11 Å². The van der Waals surface area contributed by atoms with Gasteiger partial charge in [0.15, 0.2) is 0 Å². The van der Waals surface area contributed by atoms with Gasteiger partial charge in [-0.15, -0.1) is 0 Å². The van der Waals surface area contributed by atoms with Gasteiger partial charge in [0.25, 0.3) is 0 Å². The lowest BCUT2D eigenvalue weighted by Gasteiger charge is -2.19. The van der Waals surface area contributed by atoms with E-state index < -0.39 is 0 Å². The molecule has 122 valence electrons. The van der Waals surface area contributed by atoms with Gasteiger partial charge < -0.3 is 14.7 Å². The molecular formula is C19H17ClN2O2. The zero-order valence-electron chi connectivity index (χ0n) is 13.0. The minimum absolute atomic E-state index is 0.0573. The van der Waals surface area contributed by atoms with Gasteiger partial charge in [0.1, 0.15) is 11.9 Å². The molecule has 1 aromatic heterocycles. The monoisotopic (exact) mass is 340 g/mol. The van der Waals surface area contributed by atoms with E-state index in [0.29, 0.717) is 16.7 Å². The predicted molar refractivity (Wildman–Crippen MR) is 96.1 cm³/mol. The fourth-order valence-corrected chi connectivity index (χ4v) is 3.27. The Morgan fingerprint density at radius 1 is 1.12 bits per heavy atom. The standard InChI is InChI=1S/C19H17ClN2O2/c20-14-6-7-16-13(11-14)5-8-19(21-16)24-15-9-10-22(12-15)17-3-1-2-4-18(17)23/h1-8,11,15,23H,9-10,12H2. The number of pyridine rings is 1. The van der Waals surface area contributed by atoms with Crippen LogP contribution in [-0.4, -0.2) is 29.3 Å². The summed E-state index contributed by atoms with van der Waals surface area (Å²) in [5.41, 5.74) is 1.72. The van der Waals surface area contributed by atoms with Crippen LogP contribution in [0.2, 0.25) is 5.02 Å². The maximum atomic E-state index is 9.98. The van der Waals surface area contributed by atoms with Crippen molar-refractivity contribution < 1.29 is 9.84 Å². The van der Waals surface area contributed by atoms with Gasteiger partial charge in [-0.05, 0) is 36.4 Å². The Hall–Kier alpha value is -2.46. The molecule has 0 bridgehead atoms. The van der Waals surface area contributed by atoms with Crippen LogP contribution < -0.4 is 9.64 Å². The highest BCUT2D eigenvalue weighted by molar-refractivity contribution is 6.31. The van der Waals surface area contributed by atoms with E-state index in [4.69, 9.17) is 16.3 Å². The van der Waals surface area contributed by atoms with Gasteiger partial charge >= 0.3 is 0 Å². The van der Waals surface area contributed by atoms with Gasteiger partial charge in [0.2, 0.25) is 5.88 Å². The lowest BCUT2D eigenvalue weighted by atomic mass is 10.2. The molecular weight excluding hydrogens is 324 g/mol. The molecule has 0 spiro atoms. The molecule has 0 amide bonds. The van der Waals surface area contributed by atoms with Crippen molar-refractivity contribution >= 4 is 28.2 Å². The van der Waals surface area contributed by atoms with Crippen LogP contribution in [0.3, 0.4) is 0 Å². The zero-order valence-corrected chi connectivity index (χ0v) is 13.8. The first-order valence-corrected chi connectivity index (χ1v) is 8.33. The minimum atomic E-state index is 0.0573. The average Bonchev–Trinajstić information content (AvgIpc) is 3.04. The predicted octanol–water partition coefficient (Wildman–Crippen LogP) is 4.25. The van der Waals surface area contributed by atoms with E-state index >= 15 is 0 Å². The van der Waals surface area contributed by atoms with Crippen molar-refractivity contribution in [2.24, 2.45) is 0 Å².